The van der Waals surface area contributed by atoms with E-state index >= 15 is 0 Å². The van der Waals surface area contributed by atoms with E-state index in [0.29, 0.717) is 0 Å². The highest BCUT2D eigenvalue weighted by atomic mass is 15.2. The Morgan fingerprint density at radius 1 is 1.33 bits per heavy atom. The lowest BCUT2D eigenvalue weighted by Crippen LogP contribution is -2.03. The zero-order chi connectivity index (χ0) is 8.97. The number of rotatable bonds is 3. The minimum Gasteiger partial charge on any atom is -0.369 e. The molecule has 0 aromatic carbocycles. The lowest BCUT2D eigenvalue weighted by atomic mass is 10.2. The molecular weight excluding hydrogens is 150 g/mol. The van der Waals surface area contributed by atoms with Crippen LogP contribution in [-0.2, 0) is 6.42 Å². The summed E-state index contributed by atoms with van der Waals surface area (Å²) < 4.78 is 0. The van der Waals surface area contributed by atoms with Gasteiger partial charge in [0.25, 0.3) is 0 Å². The van der Waals surface area contributed by atoms with Crippen LogP contribution < -0.4 is 5.32 Å². The molecule has 66 valence electrons. The molecule has 3 nitrogen and oxygen atoms in total. The fraction of sp³-hybridized carbons (Fsp3) is 0.556. The molecule has 0 saturated carbocycles. The third-order valence-electron chi connectivity index (χ3n) is 1.82. The van der Waals surface area contributed by atoms with Crippen molar-refractivity contribution in [1.82, 2.24) is 10.2 Å². The minimum atomic E-state index is 0.875. The molecule has 0 aliphatic heterocycles. The largest absolute Gasteiger partial charge is 0.369 e. The molecule has 0 saturated heterocycles. The van der Waals surface area contributed by atoms with Gasteiger partial charge < -0.3 is 5.32 Å². The van der Waals surface area contributed by atoms with Crippen molar-refractivity contribution >= 4 is 5.82 Å². The highest BCUT2D eigenvalue weighted by Gasteiger charge is 1.99. The smallest absolute Gasteiger partial charge is 0.148 e. The summed E-state index contributed by atoms with van der Waals surface area (Å²) in [4.78, 5) is 0. The summed E-state index contributed by atoms with van der Waals surface area (Å²) in [6.07, 6.45) is 1.01. The van der Waals surface area contributed by atoms with Crippen molar-refractivity contribution in [3.05, 3.63) is 17.3 Å². The van der Waals surface area contributed by atoms with Gasteiger partial charge in [-0.3, -0.25) is 0 Å². The van der Waals surface area contributed by atoms with Crippen LogP contribution in [0.2, 0.25) is 0 Å². The van der Waals surface area contributed by atoms with Gasteiger partial charge in [-0.15, -0.1) is 5.10 Å². The number of hydrogen-bond acceptors (Lipinski definition) is 3. The third-order valence-corrected chi connectivity index (χ3v) is 1.82. The van der Waals surface area contributed by atoms with Gasteiger partial charge >= 0.3 is 0 Å². The summed E-state index contributed by atoms with van der Waals surface area (Å²) >= 11 is 0. The van der Waals surface area contributed by atoms with Gasteiger partial charge in [-0.25, -0.2) is 0 Å². The van der Waals surface area contributed by atoms with Crippen LogP contribution in [0.15, 0.2) is 6.07 Å². The molecule has 1 aromatic rings. The number of nitrogens with zero attached hydrogens (tertiary/aromatic N) is 2. The molecule has 1 N–H and O–H groups in total. The standard InChI is InChI=1S/C9H15N3/c1-4-8-6-9(10-5-2)12-11-7(8)3/h6H,4-5H2,1-3H3,(H,10,12). The quantitative estimate of drug-likeness (QED) is 0.741. The summed E-state index contributed by atoms with van der Waals surface area (Å²) in [5.41, 5.74) is 2.29. The molecule has 1 heterocycles. The first-order valence-electron chi connectivity index (χ1n) is 4.35. The molecule has 12 heavy (non-hydrogen) atoms. The van der Waals surface area contributed by atoms with Crippen molar-refractivity contribution in [3.8, 4) is 0 Å². The maximum absolute atomic E-state index is 4.06. The van der Waals surface area contributed by atoms with E-state index in [4.69, 9.17) is 0 Å². The van der Waals surface area contributed by atoms with Crippen molar-refractivity contribution in [1.29, 1.82) is 0 Å². The Labute approximate surface area is 73.2 Å². The average molecular weight is 165 g/mol. The van der Waals surface area contributed by atoms with Crippen molar-refractivity contribution < 1.29 is 0 Å². The predicted octanol–water partition coefficient (Wildman–Crippen LogP) is 1.78. The van der Waals surface area contributed by atoms with Gasteiger partial charge in [0, 0.05) is 6.54 Å². The summed E-state index contributed by atoms with van der Waals surface area (Å²) in [6.45, 7) is 7.05. The molecule has 1 aromatic heterocycles. The van der Waals surface area contributed by atoms with Gasteiger partial charge in [-0.05, 0) is 31.9 Å². The predicted molar refractivity (Wildman–Crippen MR) is 50.3 cm³/mol. The number of hydrogen-bond donors (Lipinski definition) is 1. The molecule has 0 radical (unpaired) electrons. The normalized spacial score (nSPS) is 9.92. The number of nitrogens with one attached hydrogen (secondary N) is 1. The lowest BCUT2D eigenvalue weighted by molar-refractivity contribution is 0.927. The SMILES string of the molecule is CCNc1cc(CC)c(C)nn1. The van der Waals surface area contributed by atoms with Crippen LogP contribution in [0.4, 0.5) is 5.82 Å². The molecular formula is C9H15N3. The van der Waals surface area contributed by atoms with Gasteiger partial charge in [-0.1, -0.05) is 6.92 Å². The van der Waals surface area contributed by atoms with Crippen LogP contribution in [0.1, 0.15) is 25.1 Å². The fourth-order valence-corrected chi connectivity index (χ4v) is 1.12. The number of anilines is 1. The number of aromatic nitrogens is 2. The van der Waals surface area contributed by atoms with Crippen LogP contribution in [0, 0.1) is 6.92 Å². The Hall–Kier alpha value is -1.12. The maximum Gasteiger partial charge on any atom is 0.148 e. The minimum absolute atomic E-state index is 0.875. The average Bonchev–Trinajstić information content (AvgIpc) is 2.09. The summed E-state index contributed by atoms with van der Waals surface area (Å²) in [7, 11) is 0. The maximum atomic E-state index is 4.06. The Morgan fingerprint density at radius 2 is 2.08 bits per heavy atom. The van der Waals surface area contributed by atoms with E-state index in [-0.39, 0.29) is 0 Å². The first-order valence-corrected chi connectivity index (χ1v) is 4.35. The van der Waals surface area contributed by atoms with Gasteiger partial charge in [0.2, 0.25) is 0 Å². The highest BCUT2D eigenvalue weighted by molar-refractivity contribution is 5.37. The Kier molecular flexibility index (Phi) is 3.02. The van der Waals surface area contributed by atoms with Crippen LogP contribution in [0.25, 0.3) is 0 Å². The highest BCUT2D eigenvalue weighted by Crippen LogP contribution is 2.09. The topological polar surface area (TPSA) is 37.8 Å². The Balaban J connectivity index is 2.89. The molecule has 3 heteroatoms. The summed E-state index contributed by atoms with van der Waals surface area (Å²) in [6, 6.07) is 2.06. The monoisotopic (exact) mass is 165 g/mol. The van der Waals surface area contributed by atoms with Crippen molar-refractivity contribution in [3.63, 3.8) is 0 Å². The Morgan fingerprint density at radius 3 is 2.67 bits per heavy atom. The second kappa shape index (κ2) is 4.04. The Bertz CT molecular complexity index is 258. The molecule has 0 fully saturated rings. The first-order chi connectivity index (χ1) is 5.77. The number of aryl methyl sites for hydroxylation is 2. The van der Waals surface area contributed by atoms with E-state index in [2.05, 4.69) is 28.5 Å². The molecule has 1 rings (SSSR count). The van der Waals surface area contributed by atoms with E-state index < -0.39 is 0 Å². The van der Waals surface area contributed by atoms with Gasteiger partial charge in [-0.2, -0.15) is 5.10 Å². The molecule has 0 aliphatic carbocycles. The van der Waals surface area contributed by atoms with Crippen molar-refractivity contribution in [2.24, 2.45) is 0 Å². The fourth-order valence-electron chi connectivity index (χ4n) is 1.12. The van der Waals surface area contributed by atoms with E-state index in [9.17, 15) is 0 Å². The van der Waals surface area contributed by atoms with Crippen LogP contribution in [-0.4, -0.2) is 16.7 Å². The molecule has 0 amide bonds. The van der Waals surface area contributed by atoms with Gasteiger partial charge in [0.15, 0.2) is 0 Å². The van der Waals surface area contributed by atoms with E-state index in [1.807, 2.05) is 13.8 Å². The summed E-state index contributed by atoms with van der Waals surface area (Å²) in [5.74, 6) is 0.875. The molecule has 0 atom stereocenters. The van der Waals surface area contributed by atoms with Crippen molar-refractivity contribution in [2.45, 2.75) is 27.2 Å². The van der Waals surface area contributed by atoms with E-state index in [1.54, 1.807) is 0 Å². The van der Waals surface area contributed by atoms with Crippen LogP contribution >= 0.6 is 0 Å². The zero-order valence-corrected chi connectivity index (χ0v) is 7.89. The molecule has 0 unspecified atom stereocenters. The van der Waals surface area contributed by atoms with Gasteiger partial charge in [0.1, 0.15) is 5.82 Å². The second-order valence-corrected chi connectivity index (χ2v) is 2.72. The molecule has 0 bridgehead atoms. The van der Waals surface area contributed by atoms with Crippen LogP contribution in [0.5, 0.6) is 0 Å². The zero-order valence-electron chi connectivity index (χ0n) is 7.89. The van der Waals surface area contributed by atoms with E-state index in [0.717, 1.165) is 24.5 Å². The lowest BCUT2D eigenvalue weighted by Gasteiger charge is -2.04. The molecule has 0 aliphatic rings. The second-order valence-electron chi connectivity index (χ2n) is 2.72. The summed E-state index contributed by atoms with van der Waals surface area (Å²) in [5, 5.41) is 11.2. The van der Waals surface area contributed by atoms with Gasteiger partial charge in [0.05, 0.1) is 5.69 Å². The van der Waals surface area contributed by atoms with Crippen molar-refractivity contribution in [2.75, 3.05) is 11.9 Å². The third kappa shape index (κ3) is 1.94. The first kappa shape index (κ1) is 8.97. The molecule has 0 spiro atoms. The van der Waals surface area contributed by atoms with E-state index in [1.165, 1.54) is 5.56 Å². The van der Waals surface area contributed by atoms with Crippen LogP contribution in [0.3, 0.4) is 0 Å².